The maximum Gasteiger partial charge on any atom is 0.253 e. The predicted octanol–water partition coefficient (Wildman–Crippen LogP) is 4.89. The van der Waals surface area contributed by atoms with Crippen molar-refractivity contribution in [1.29, 1.82) is 0 Å². The van der Waals surface area contributed by atoms with Gasteiger partial charge in [-0.15, -0.1) is 0 Å². The van der Waals surface area contributed by atoms with Gasteiger partial charge in [0, 0.05) is 10.6 Å². The van der Waals surface area contributed by atoms with Crippen LogP contribution in [0.1, 0.15) is 35.2 Å². The van der Waals surface area contributed by atoms with Crippen molar-refractivity contribution in [2.45, 2.75) is 31.2 Å². The summed E-state index contributed by atoms with van der Waals surface area (Å²) in [5, 5.41) is 4.41. The van der Waals surface area contributed by atoms with E-state index in [1.165, 1.54) is 5.56 Å². The molecule has 1 N–H and O–H groups in total. The van der Waals surface area contributed by atoms with E-state index in [1.54, 1.807) is 12.1 Å². The Labute approximate surface area is 140 Å². The molecule has 4 heteroatoms. The Balaban J connectivity index is 1.75. The van der Waals surface area contributed by atoms with Crippen molar-refractivity contribution >= 4 is 29.1 Å². The van der Waals surface area contributed by atoms with Gasteiger partial charge in [0.15, 0.2) is 0 Å². The summed E-state index contributed by atoms with van der Waals surface area (Å²) in [6.45, 7) is 0. The fourth-order valence-electron chi connectivity index (χ4n) is 2.90. The van der Waals surface area contributed by atoms with Crippen molar-refractivity contribution in [2.24, 2.45) is 0 Å². The van der Waals surface area contributed by atoms with Crippen LogP contribution in [0.4, 0.5) is 0 Å². The van der Waals surface area contributed by atoms with Gasteiger partial charge in [-0.2, -0.15) is 0 Å². The van der Waals surface area contributed by atoms with Gasteiger partial charge in [-0.3, -0.25) is 4.79 Å². The molecule has 0 radical (unpaired) electrons. The average molecular weight is 334 g/mol. The normalized spacial score (nSPS) is 15.9. The van der Waals surface area contributed by atoms with E-state index in [4.69, 9.17) is 23.2 Å². The number of carbonyl (C=O) groups is 1. The van der Waals surface area contributed by atoms with Crippen LogP contribution >= 0.6 is 23.2 Å². The average Bonchev–Trinajstić information content (AvgIpc) is 2.47. The van der Waals surface area contributed by atoms with E-state index in [9.17, 15) is 4.79 Å². The first kappa shape index (κ1) is 15.4. The molecule has 2 aromatic carbocycles. The van der Waals surface area contributed by atoms with Crippen molar-refractivity contribution < 1.29 is 4.79 Å². The lowest BCUT2D eigenvalue weighted by Crippen LogP contribution is -2.55. The highest BCUT2D eigenvalue weighted by Crippen LogP contribution is 2.35. The molecule has 114 valence electrons. The van der Waals surface area contributed by atoms with Crippen LogP contribution in [0.3, 0.4) is 0 Å². The highest BCUT2D eigenvalue weighted by atomic mass is 35.5. The van der Waals surface area contributed by atoms with Crippen LogP contribution in [0, 0.1) is 0 Å². The van der Waals surface area contributed by atoms with E-state index in [0.717, 1.165) is 30.7 Å². The van der Waals surface area contributed by atoms with Gasteiger partial charge < -0.3 is 5.32 Å². The number of carbonyl (C=O) groups excluding carboxylic acids is 1. The van der Waals surface area contributed by atoms with Gasteiger partial charge >= 0.3 is 0 Å². The Morgan fingerprint density at radius 1 is 1.05 bits per heavy atom. The third-order valence-electron chi connectivity index (χ3n) is 4.26. The van der Waals surface area contributed by atoms with Crippen LogP contribution in [0.5, 0.6) is 0 Å². The van der Waals surface area contributed by atoms with E-state index >= 15 is 0 Å². The van der Waals surface area contributed by atoms with Crippen molar-refractivity contribution in [1.82, 2.24) is 5.32 Å². The molecule has 0 unspecified atom stereocenters. The van der Waals surface area contributed by atoms with Gasteiger partial charge in [-0.25, -0.2) is 0 Å². The van der Waals surface area contributed by atoms with Crippen LogP contribution in [-0.4, -0.2) is 11.4 Å². The van der Waals surface area contributed by atoms with Crippen LogP contribution in [-0.2, 0) is 6.42 Å². The molecule has 0 heterocycles. The molecule has 0 bridgehead atoms. The van der Waals surface area contributed by atoms with Crippen LogP contribution in [0.15, 0.2) is 48.5 Å². The molecule has 0 aromatic heterocycles. The fourth-order valence-corrected chi connectivity index (χ4v) is 3.24. The topological polar surface area (TPSA) is 29.1 Å². The molecule has 2 aromatic rings. The standard InChI is InChI=1S/C18H17Cl2NO/c19-14-8-6-13(7-9-14)12-18(10-3-11-18)21-17(22)15-4-1-2-5-16(15)20/h1-2,4-9H,3,10-12H2,(H,21,22). The first-order chi connectivity index (χ1) is 10.6. The highest BCUT2D eigenvalue weighted by molar-refractivity contribution is 6.33. The zero-order valence-corrected chi connectivity index (χ0v) is 13.6. The molecule has 0 aliphatic heterocycles. The highest BCUT2D eigenvalue weighted by Gasteiger charge is 2.38. The summed E-state index contributed by atoms with van der Waals surface area (Å²) in [4.78, 5) is 12.5. The zero-order valence-electron chi connectivity index (χ0n) is 12.1. The summed E-state index contributed by atoms with van der Waals surface area (Å²) in [6.07, 6.45) is 3.94. The lowest BCUT2D eigenvalue weighted by molar-refractivity contribution is 0.0827. The quantitative estimate of drug-likeness (QED) is 0.847. The molecule has 1 aliphatic rings. The molecular weight excluding hydrogens is 317 g/mol. The summed E-state index contributed by atoms with van der Waals surface area (Å²) >= 11 is 12.0. The van der Waals surface area contributed by atoms with Gasteiger partial charge in [-0.1, -0.05) is 47.5 Å². The summed E-state index contributed by atoms with van der Waals surface area (Å²) in [5.74, 6) is -0.0979. The Morgan fingerprint density at radius 3 is 2.32 bits per heavy atom. The maximum atomic E-state index is 12.5. The molecule has 1 aliphatic carbocycles. The van der Waals surface area contributed by atoms with E-state index in [0.29, 0.717) is 10.6 Å². The minimum Gasteiger partial charge on any atom is -0.346 e. The van der Waals surface area contributed by atoms with Gasteiger partial charge in [0.25, 0.3) is 5.91 Å². The second-order valence-electron chi connectivity index (χ2n) is 5.87. The molecule has 3 rings (SSSR count). The fraction of sp³-hybridized carbons (Fsp3) is 0.278. The Kier molecular flexibility index (Phi) is 4.42. The molecule has 1 saturated carbocycles. The van der Waals surface area contributed by atoms with Crippen LogP contribution < -0.4 is 5.32 Å². The van der Waals surface area contributed by atoms with Gasteiger partial charge in [0.05, 0.1) is 10.6 Å². The summed E-state index contributed by atoms with van der Waals surface area (Å²) < 4.78 is 0. The van der Waals surface area contributed by atoms with E-state index < -0.39 is 0 Å². The van der Waals surface area contributed by atoms with Crippen molar-refractivity contribution in [2.75, 3.05) is 0 Å². The molecule has 0 atom stereocenters. The Hall–Kier alpha value is -1.51. The largest absolute Gasteiger partial charge is 0.346 e. The number of hydrogen-bond acceptors (Lipinski definition) is 1. The summed E-state index contributed by atoms with van der Waals surface area (Å²) in [7, 11) is 0. The number of halogens is 2. The van der Waals surface area contributed by atoms with Crippen LogP contribution in [0.2, 0.25) is 10.0 Å². The third-order valence-corrected chi connectivity index (χ3v) is 4.85. The number of nitrogens with one attached hydrogen (secondary N) is 1. The van der Waals surface area contributed by atoms with Crippen molar-refractivity contribution in [3.05, 3.63) is 69.7 Å². The van der Waals surface area contributed by atoms with Crippen molar-refractivity contribution in [3.63, 3.8) is 0 Å². The number of benzene rings is 2. The molecule has 1 amide bonds. The Morgan fingerprint density at radius 2 is 1.73 bits per heavy atom. The molecule has 0 saturated heterocycles. The molecule has 22 heavy (non-hydrogen) atoms. The predicted molar refractivity (Wildman–Crippen MR) is 90.7 cm³/mol. The Bertz CT molecular complexity index is 678. The van der Waals surface area contributed by atoms with Gasteiger partial charge in [-0.05, 0) is 55.5 Å². The molecule has 0 spiro atoms. The lowest BCUT2D eigenvalue weighted by atomic mass is 9.72. The maximum absolute atomic E-state index is 12.5. The van der Waals surface area contributed by atoms with Gasteiger partial charge in [0.1, 0.15) is 0 Å². The molecule has 2 nitrogen and oxygen atoms in total. The van der Waals surface area contributed by atoms with E-state index in [-0.39, 0.29) is 11.4 Å². The SMILES string of the molecule is O=C(NC1(Cc2ccc(Cl)cc2)CCC1)c1ccccc1Cl. The van der Waals surface area contributed by atoms with E-state index in [1.807, 2.05) is 36.4 Å². The van der Waals surface area contributed by atoms with Crippen molar-refractivity contribution in [3.8, 4) is 0 Å². The third kappa shape index (κ3) is 3.29. The van der Waals surface area contributed by atoms with Crippen LogP contribution in [0.25, 0.3) is 0 Å². The lowest BCUT2D eigenvalue weighted by Gasteiger charge is -2.43. The second-order valence-corrected chi connectivity index (χ2v) is 6.71. The number of rotatable bonds is 4. The number of amides is 1. The molecular formula is C18H17Cl2NO. The summed E-state index contributed by atoms with van der Waals surface area (Å²) in [5.41, 5.74) is 1.56. The smallest absolute Gasteiger partial charge is 0.253 e. The first-order valence-corrected chi connectivity index (χ1v) is 8.15. The minimum absolute atomic E-state index is 0.0979. The summed E-state index contributed by atoms with van der Waals surface area (Å²) in [6, 6.07) is 15.0. The second kappa shape index (κ2) is 6.31. The molecule has 1 fully saturated rings. The van der Waals surface area contributed by atoms with Gasteiger partial charge in [0.2, 0.25) is 0 Å². The number of hydrogen-bond donors (Lipinski definition) is 1. The first-order valence-electron chi connectivity index (χ1n) is 7.40. The monoisotopic (exact) mass is 333 g/mol. The minimum atomic E-state index is -0.163. The zero-order chi connectivity index (χ0) is 15.6. The van der Waals surface area contributed by atoms with E-state index in [2.05, 4.69) is 5.32 Å².